The zero-order valence-corrected chi connectivity index (χ0v) is 21.9. The number of rotatable bonds is 6. The van der Waals surface area contributed by atoms with Crippen molar-refractivity contribution in [3.05, 3.63) is 54.5 Å². The highest BCUT2D eigenvalue weighted by atomic mass is 32.2. The normalized spacial score (nSPS) is 14.7. The quantitative estimate of drug-likeness (QED) is 0.505. The monoisotopic (exact) mass is 530 g/mol. The first kappa shape index (κ1) is 26.6. The van der Waals surface area contributed by atoms with Gasteiger partial charge >= 0.3 is 6.09 Å². The lowest BCUT2D eigenvalue weighted by molar-refractivity contribution is -0.132. The van der Waals surface area contributed by atoms with E-state index in [1.807, 2.05) is 0 Å². The SMILES string of the molecule is CC(C)(C)OC(=O)N1CCN(C(=O)CCNS(=O)(=O)c2ccc(-c3c[nH]c4cc(F)ccc34)cc2)CC1. The van der Waals surface area contributed by atoms with Gasteiger partial charge in [-0.1, -0.05) is 12.1 Å². The van der Waals surface area contributed by atoms with Crippen LogP contribution in [0.5, 0.6) is 0 Å². The molecular weight excluding hydrogens is 499 g/mol. The van der Waals surface area contributed by atoms with Crippen molar-refractivity contribution in [3.63, 3.8) is 0 Å². The molecule has 1 aliphatic heterocycles. The second-order valence-electron chi connectivity index (χ2n) is 9.91. The van der Waals surface area contributed by atoms with Crippen LogP contribution in [0.2, 0.25) is 0 Å². The van der Waals surface area contributed by atoms with Gasteiger partial charge in [-0.2, -0.15) is 0 Å². The Bertz CT molecular complexity index is 1390. The van der Waals surface area contributed by atoms with Crippen LogP contribution in [0.25, 0.3) is 22.0 Å². The minimum Gasteiger partial charge on any atom is -0.444 e. The number of aromatic amines is 1. The van der Waals surface area contributed by atoms with Crippen molar-refractivity contribution in [3.8, 4) is 11.1 Å². The van der Waals surface area contributed by atoms with Gasteiger partial charge in [0.15, 0.2) is 0 Å². The molecule has 11 heteroatoms. The number of nitrogens with zero attached hydrogens (tertiary/aromatic N) is 2. The van der Waals surface area contributed by atoms with E-state index in [-0.39, 0.29) is 29.6 Å². The summed E-state index contributed by atoms with van der Waals surface area (Å²) in [5.74, 6) is -0.521. The molecule has 2 heterocycles. The molecule has 9 nitrogen and oxygen atoms in total. The van der Waals surface area contributed by atoms with Crippen LogP contribution in [0.4, 0.5) is 9.18 Å². The van der Waals surface area contributed by atoms with E-state index in [2.05, 4.69) is 9.71 Å². The lowest BCUT2D eigenvalue weighted by atomic mass is 10.1. The van der Waals surface area contributed by atoms with Crippen molar-refractivity contribution < 1.29 is 27.1 Å². The fraction of sp³-hybridized carbons (Fsp3) is 0.385. The molecular formula is C26H31FN4O5S. The number of piperazine rings is 1. The second kappa shape index (κ2) is 10.5. The molecule has 0 unspecified atom stereocenters. The van der Waals surface area contributed by atoms with Gasteiger partial charge in [0.05, 0.1) is 4.90 Å². The predicted molar refractivity (Wildman–Crippen MR) is 138 cm³/mol. The lowest BCUT2D eigenvalue weighted by Crippen LogP contribution is -2.52. The zero-order chi connectivity index (χ0) is 26.8. The molecule has 4 rings (SSSR count). The Labute approximate surface area is 215 Å². The summed E-state index contributed by atoms with van der Waals surface area (Å²) < 4.78 is 46.7. The maximum absolute atomic E-state index is 13.4. The van der Waals surface area contributed by atoms with E-state index in [0.717, 1.165) is 16.5 Å². The standard InChI is InChI=1S/C26H31FN4O5S/c1-26(2,3)36-25(33)31-14-12-30(13-15-31)24(32)10-11-29-37(34,35)20-7-4-18(5-8-20)22-17-28-23-16-19(27)6-9-21(22)23/h4-9,16-17,28-29H,10-15H2,1-3H3. The molecule has 3 aromatic rings. The smallest absolute Gasteiger partial charge is 0.410 e. The van der Waals surface area contributed by atoms with Gasteiger partial charge in [0.25, 0.3) is 0 Å². The first-order valence-electron chi connectivity index (χ1n) is 12.1. The summed E-state index contributed by atoms with van der Waals surface area (Å²) in [7, 11) is -3.81. The van der Waals surface area contributed by atoms with Crippen molar-refractivity contribution in [1.29, 1.82) is 0 Å². The first-order chi connectivity index (χ1) is 17.4. The Hall–Kier alpha value is -3.44. The average molecular weight is 531 g/mol. The molecule has 0 atom stereocenters. The minimum atomic E-state index is -3.81. The number of fused-ring (bicyclic) bond motifs is 1. The molecule has 2 N–H and O–H groups in total. The van der Waals surface area contributed by atoms with Crippen LogP contribution in [0.1, 0.15) is 27.2 Å². The Kier molecular flexibility index (Phi) is 7.56. The summed E-state index contributed by atoms with van der Waals surface area (Å²) in [6.45, 7) is 6.82. The maximum Gasteiger partial charge on any atom is 0.410 e. The number of hydrogen-bond acceptors (Lipinski definition) is 5. The number of halogens is 1. The summed E-state index contributed by atoms with van der Waals surface area (Å²) in [6, 6.07) is 10.8. The number of carbonyl (C=O) groups is 2. The van der Waals surface area contributed by atoms with Crippen LogP contribution in [-0.2, 0) is 19.6 Å². The van der Waals surface area contributed by atoms with Gasteiger partial charge in [0.2, 0.25) is 15.9 Å². The molecule has 2 aromatic carbocycles. The van der Waals surface area contributed by atoms with Gasteiger partial charge in [-0.3, -0.25) is 4.79 Å². The molecule has 1 saturated heterocycles. The highest BCUT2D eigenvalue weighted by Gasteiger charge is 2.27. The Morgan fingerprint density at radius 1 is 1.03 bits per heavy atom. The van der Waals surface area contributed by atoms with Crippen molar-refractivity contribution in [2.75, 3.05) is 32.7 Å². The number of amides is 2. The van der Waals surface area contributed by atoms with E-state index >= 15 is 0 Å². The summed E-state index contributed by atoms with van der Waals surface area (Å²) in [6.07, 6.45) is 1.36. The van der Waals surface area contributed by atoms with Gasteiger partial charge in [0, 0.05) is 61.8 Å². The van der Waals surface area contributed by atoms with Gasteiger partial charge in [-0.15, -0.1) is 0 Å². The average Bonchev–Trinajstić information content (AvgIpc) is 3.26. The number of carbonyl (C=O) groups excluding carboxylic acids is 2. The van der Waals surface area contributed by atoms with Crippen LogP contribution in [0.3, 0.4) is 0 Å². The number of benzene rings is 2. The number of H-pyrrole nitrogens is 1. The highest BCUT2D eigenvalue weighted by molar-refractivity contribution is 7.89. The van der Waals surface area contributed by atoms with Gasteiger partial charge in [-0.05, 0) is 56.7 Å². The van der Waals surface area contributed by atoms with E-state index in [1.165, 1.54) is 24.3 Å². The molecule has 1 fully saturated rings. The summed E-state index contributed by atoms with van der Waals surface area (Å²) in [5.41, 5.74) is 1.70. The van der Waals surface area contributed by atoms with Crippen LogP contribution in [-0.4, -0.2) is 73.5 Å². The molecule has 198 valence electrons. The third kappa shape index (κ3) is 6.47. The van der Waals surface area contributed by atoms with Crippen LogP contribution >= 0.6 is 0 Å². The largest absolute Gasteiger partial charge is 0.444 e. The lowest BCUT2D eigenvalue weighted by Gasteiger charge is -2.35. The Morgan fingerprint density at radius 2 is 1.68 bits per heavy atom. The Morgan fingerprint density at radius 3 is 2.32 bits per heavy atom. The first-order valence-corrected chi connectivity index (χ1v) is 13.5. The zero-order valence-electron chi connectivity index (χ0n) is 21.1. The highest BCUT2D eigenvalue weighted by Crippen LogP contribution is 2.29. The number of nitrogens with one attached hydrogen (secondary N) is 2. The van der Waals surface area contributed by atoms with Crippen LogP contribution < -0.4 is 4.72 Å². The van der Waals surface area contributed by atoms with E-state index in [9.17, 15) is 22.4 Å². The van der Waals surface area contributed by atoms with Crippen molar-refractivity contribution in [1.82, 2.24) is 19.5 Å². The topological polar surface area (TPSA) is 112 Å². The second-order valence-corrected chi connectivity index (χ2v) is 11.7. The number of sulfonamides is 1. The number of ether oxygens (including phenoxy) is 1. The Balaban J connectivity index is 1.28. The van der Waals surface area contributed by atoms with Crippen molar-refractivity contribution in [2.45, 2.75) is 37.7 Å². The molecule has 0 saturated carbocycles. The molecule has 0 aliphatic carbocycles. The van der Waals surface area contributed by atoms with E-state index in [4.69, 9.17) is 4.74 Å². The van der Waals surface area contributed by atoms with Crippen LogP contribution in [0, 0.1) is 5.82 Å². The number of aromatic nitrogens is 1. The van der Waals surface area contributed by atoms with E-state index in [1.54, 1.807) is 55.0 Å². The third-order valence-electron chi connectivity index (χ3n) is 6.03. The van der Waals surface area contributed by atoms with Crippen LogP contribution in [0.15, 0.2) is 53.6 Å². The molecule has 0 bridgehead atoms. The van der Waals surface area contributed by atoms with Gasteiger partial charge in [-0.25, -0.2) is 22.3 Å². The number of hydrogen-bond donors (Lipinski definition) is 2. The molecule has 2 amide bonds. The summed E-state index contributed by atoms with van der Waals surface area (Å²) in [5, 5.41) is 0.834. The van der Waals surface area contributed by atoms with E-state index in [0.29, 0.717) is 31.7 Å². The van der Waals surface area contributed by atoms with Gasteiger partial charge in [0.1, 0.15) is 11.4 Å². The third-order valence-corrected chi connectivity index (χ3v) is 7.51. The molecule has 0 radical (unpaired) electrons. The molecule has 1 aromatic heterocycles. The fourth-order valence-electron chi connectivity index (χ4n) is 4.15. The molecule has 0 spiro atoms. The molecule has 37 heavy (non-hydrogen) atoms. The summed E-state index contributed by atoms with van der Waals surface area (Å²) in [4.78, 5) is 31.0. The minimum absolute atomic E-state index is 0.00957. The van der Waals surface area contributed by atoms with Crippen molar-refractivity contribution >= 4 is 32.9 Å². The van der Waals surface area contributed by atoms with Crippen molar-refractivity contribution in [2.24, 2.45) is 0 Å². The van der Waals surface area contributed by atoms with E-state index < -0.39 is 21.7 Å². The summed E-state index contributed by atoms with van der Waals surface area (Å²) >= 11 is 0. The maximum atomic E-state index is 13.4. The van der Waals surface area contributed by atoms with Gasteiger partial charge < -0.3 is 19.5 Å². The predicted octanol–water partition coefficient (Wildman–Crippen LogP) is 3.72. The molecule has 1 aliphatic rings. The fourth-order valence-corrected chi connectivity index (χ4v) is 5.18.